The van der Waals surface area contributed by atoms with Crippen LogP contribution in [0.4, 0.5) is 4.79 Å². The number of nitrogens with zero attached hydrogens (tertiary/aromatic N) is 3. The molecule has 1 N–H and O–H groups in total. The minimum atomic E-state index is -0.477. The highest BCUT2D eigenvalue weighted by atomic mass is 17.2. The van der Waals surface area contributed by atoms with Crippen LogP contribution in [0.15, 0.2) is 18.2 Å². The Kier molecular flexibility index (Phi) is 5.95. The molecule has 8 nitrogen and oxygen atoms in total. The Balaban J connectivity index is 1.38. The second-order valence-electron chi connectivity index (χ2n) is 7.53. The fraction of sp³-hybridized carbons (Fsp3) is 0.600. The van der Waals surface area contributed by atoms with E-state index in [1.807, 2.05) is 6.07 Å². The van der Waals surface area contributed by atoms with Crippen molar-refractivity contribution in [3.05, 3.63) is 29.3 Å². The Hall–Kier alpha value is -2.34. The van der Waals surface area contributed by atoms with E-state index in [1.54, 1.807) is 17.0 Å². The first-order chi connectivity index (χ1) is 13.7. The molecule has 1 aromatic rings. The lowest BCUT2D eigenvalue weighted by Gasteiger charge is -2.42. The second-order valence-corrected chi connectivity index (χ2v) is 7.53. The Bertz CT molecular complexity index is 740. The lowest BCUT2D eigenvalue weighted by Crippen LogP contribution is -2.56. The summed E-state index contributed by atoms with van der Waals surface area (Å²) in [5.74, 6) is 0.353. The molecular weight excluding hydrogens is 360 g/mol. The molecule has 4 rings (SSSR count). The molecule has 1 atom stereocenters. The van der Waals surface area contributed by atoms with Crippen LogP contribution < -0.4 is 10.2 Å². The molecule has 0 aliphatic carbocycles. The van der Waals surface area contributed by atoms with E-state index >= 15 is 0 Å². The fourth-order valence-corrected chi connectivity index (χ4v) is 3.95. The average molecular weight is 386 g/mol. The van der Waals surface area contributed by atoms with Crippen molar-refractivity contribution in [3.8, 4) is 11.8 Å². The van der Waals surface area contributed by atoms with E-state index in [0.29, 0.717) is 30.4 Å². The molecule has 28 heavy (non-hydrogen) atoms. The summed E-state index contributed by atoms with van der Waals surface area (Å²) in [6.45, 7) is 5.66. The van der Waals surface area contributed by atoms with Crippen molar-refractivity contribution >= 4 is 6.09 Å². The summed E-state index contributed by atoms with van der Waals surface area (Å²) in [4.78, 5) is 26.3. The summed E-state index contributed by atoms with van der Waals surface area (Å²) in [5.41, 5.74) is 1.46. The van der Waals surface area contributed by atoms with Crippen molar-refractivity contribution in [2.45, 2.75) is 31.3 Å². The molecule has 1 aromatic carbocycles. The largest absolute Gasteiger partial charge is 0.452 e. The molecule has 3 saturated heterocycles. The predicted octanol–water partition coefficient (Wildman–Crippen LogP) is 1.82. The predicted molar refractivity (Wildman–Crippen MR) is 101 cm³/mol. The number of carbonyl (C=O) groups is 1. The fourth-order valence-electron chi connectivity index (χ4n) is 3.95. The maximum Gasteiger partial charge on any atom is 0.452 e. The van der Waals surface area contributed by atoms with Gasteiger partial charge in [-0.1, -0.05) is 6.07 Å². The van der Waals surface area contributed by atoms with Gasteiger partial charge < -0.3 is 15.0 Å². The summed E-state index contributed by atoms with van der Waals surface area (Å²) in [6.07, 6.45) is 2.63. The monoisotopic (exact) mass is 386 g/mol. The molecular formula is C20H26N4O4. The standard InChI is InChI=1S/C20H26N4O4/c21-11-15-10-17(27-28-20(25)23-7-2-1-3-8-23)4-5-18(15)19-12-24(9-6-22-19)16-13-26-14-16/h4-5,10,16,19,22H,1-3,6-9,12-14H2. The van der Waals surface area contributed by atoms with Gasteiger partial charge in [-0.25, -0.2) is 9.68 Å². The minimum Gasteiger partial charge on any atom is -0.378 e. The van der Waals surface area contributed by atoms with Crippen LogP contribution in [0.5, 0.6) is 5.75 Å². The van der Waals surface area contributed by atoms with Crippen LogP contribution in [0, 0.1) is 11.3 Å². The quantitative estimate of drug-likeness (QED) is 0.624. The second kappa shape index (κ2) is 8.78. The third-order valence-corrected chi connectivity index (χ3v) is 5.69. The van der Waals surface area contributed by atoms with Gasteiger partial charge in [-0.2, -0.15) is 5.26 Å². The Morgan fingerprint density at radius 3 is 2.75 bits per heavy atom. The normalized spacial score (nSPS) is 23.5. The molecule has 3 heterocycles. The zero-order valence-corrected chi connectivity index (χ0v) is 15.9. The van der Waals surface area contributed by atoms with Crippen molar-refractivity contribution in [2.24, 2.45) is 0 Å². The van der Waals surface area contributed by atoms with E-state index in [-0.39, 0.29) is 6.04 Å². The van der Waals surface area contributed by atoms with Crippen molar-refractivity contribution in [1.29, 1.82) is 5.26 Å². The zero-order valence-electron chi connectivity index (χ0n) is 15.9. The molecule has 3 aliphatic rings. The van der Waals surface area contributed by atoms with Crippen molar-refractivity contribution in [2.75, 3.05) is 45.9 Å². The number of likely N-dealkylation sites (tertiary alicyclic amines) is 1. The zero-order chi connectivity index (χ0) is 19.3. The molecule has 1 amide bonds. The van der Waals surface area contributed by atoms with E-state index in [9.17, 15) is 10.1 Å². The summed E-state index contributed by atoms with van der Waals surface area (Å²) >= 11 is 0. The van der Waals surface area contributed by atoms with Gasteiger partial charge in [-0.3, -0.25) is 9.79 Å². The number of nitriles is 1. The number of piperazine rings is 1. The molecule has 0 spiro atoms. The highest BCUT2D eigenvalue weighted by Gasteiger charge is 2.31. The van der Waals surface area contributed by atoms with Crippen LogP contribution in [0.3, 0.4) is 0 Å². The minimum absolute atomic E-state index is 0.0777. The van der Waals surface area contributed by atoms with E-state index in [4.69, 9.17) is 14.5 Å². The lowest BCUT2D eigenvalue weighted by atomic mass is 9.98. The maximum atomic E-state index is 12.1. The molecule has 3 fully saturated rings. The molecule has 0 radical (unpaired) electrons. The van der Waals surface area contributed by atoms with Crippen LogP contribution in [-0.2, 0) is 9.62 Å². The van der Waals surface area contributed by atoms with Gasteiger partial charge in [-0.05, 0) is 30.9 Å². The molecule has 8 heteroatoms. The summed E-state index contributed by atoms with van der Waals surface area (Å²) in [7, 11) is 0. The average Bonchev–Trinajstić information content (AvgIpc) is 2.71. The number of carbonyl (C=O) groups excluding carboxylic acids is 1. The van der Waals surface area contributed by atoms with Crippen LogP contribution in [0.25, 0.3) is 0 Å². The highest BCUT2D eigenvalue weighted by molar-refractivity contribution is 5.67. The van der Waals surface area contributed by atoms with Gasteiger partial charge in [0.05, 0.1) is 30.9 Å². The van der Waals surface area contributed by atoms with Crippen LogP contribution >= 0.6 is 0 Å². The number of benzene rings is 1. The van der Waals surface area contributed by atoms with Gasteiger partial charge in [0, 0.05) is 44.8 Å². The molecule has 150 valence electrons. The number of amides is 1. The van der Waals surface area contributed by atoms with Gasteiger partial charge in [0.25, 0.3) is 0 Å². The van der Waals surface area contributed by atoms with Gasteiger partial charge in [0.1, 0.15) is 0 Å². The Morgan fingerprint density at radius 1 is 1.21 bits per heavy atom. The topological polar surface area (TPSA) is 87.1 Å². The van der Waals surface area contributed by atoms with Crippen LogP contribution in [-0.4, -0.2) is 67.9 Å². The maximum absolute atomic E-state index is 12.1. The smallest absolute Gasteiger partial charge is 0.378 e. The first kappa shape index (κ1) is 19.0. The summed E-state index contributed by atoms with van der Waals surface area (Å²) < 4.78 is 5.30. The van der Waals surface area contributed by atoms with Gasteiger partial charge >= 0.3 is 6.09 Å². The number of nitrogens with one attached hydrogen (secondary N) is 1. The van der Waals surface area contributed by atoms with E-state index in [2.05, 4.69) is 16.3 Å². The number of hydrogen-bond donors (Lipinski definition) is 1. The van der Waals surface area contributed by atoms with Crippen molar-refractivity contribution in [1.82, 2.24) is 15.1 Å². The Morgan fingerprint density at radius 2 is 2.04 bits per heavy atom. The third-order valence-electron chi connectivity index (χ3n) is 5.69. The van der Waals surface area contributed by atoms with Crippen LogP contribution in [0.1, 0.15) is 36.4 Å². The van der Waals surface area contributed by atoms with Gasteiger partial charge in [0.2, 0.25) is 0 Å². The van der Waals surface area contributed by atoms with Crippen molar-refractivity contribution < 1.29 is 19.3 Å². The van der Waals surface area contributed by atoms with Gasteiger partial charge in [-0.15, -0.1) is 0 Å². The Labute approximate surface area is 164 Å². The lowest BCUT2D eigenvalue weighted by molar-refractivity contribution is -0.154. The van der Waals surface area contributed by atoms with E-state index in [0.717, 1.165) is 57.7 Å². The molecule has 0 aromatic heterocycles. The van der Waals surface area contributed by atoms with Crippen molar-refractivity contribution in [3.63, 3.8) is 0 Å². The number of ether oxygens (including phenoxy) is 1. The number of rotatable bonds is 4. The SMILES string of the molecule is N#Cc1cc(OOC(=O)N2CCCCC2)ccc1C1CN(C2COC2)CCN1. The third kappa shape index (κ3) is 4.22. The first-order valence-electron chi connectivity index (χ1n) is 9.97. The highest BCUT2D eigenvalue weighted by Crippen LogP contribution is 2.27. The van der Waals surface area contributed by atoms with Crippen LogP contribution in [0.2, 0.25) is 0 Å². The number of hydrogen-bond acceptors (Lipinski definition) is 7. The molecule has 0 bridgehead atoms. The summed E-state index contributed by atoms with van der Waals surface area (Å²) in [5, 5.41) is 13.1. The number of piperidine rings is 1. The molecule has 0 saturated carbocycles. The summed E-state index contributed by atoms with van der Waals surface area (Å²) in [6, 6.07) is 8.05. The van der Waals surface area contributed by atoms with E-state index < -0.39 is 6.09 Å². The van der Waals surface area contributed by atoms with E-state index in [1.165, 1.54) is 0 Å². The molecule has 3 aliphatic heterocycles. The van der Waals surface area contributed by atoms with Gasteiger partial charge in [0.15, 0.2) is 5.75 Å². The first-order valence-corrected chi connectivity index (χ1v) is 9.97. The molecule has 1 unspecified atom stereocenters.